The van der Waals surface area contributed by atoms with Crippen molar-refractivity contribution in [2.75, 3.05) is 34.0 Å². The van der Waals surface area contributed by atoms with E-state index in [-0.39, 0.29) is 12.5 Å². The molecule has 1 heterocycles. The molecule has 5 nitrogen and oxygen atoms in total. The average molecular weight is 254 g/mol. The number of rotatable bonds is 8. The monoisotopic (exact) mass is 254 g/mol. The minimum atomic E-state index is 0.00908. The summed E-state index contributed by atoms with van der Waals surface area (Å²) in [6.07, 6.45) is 2.81. The fourth-order valence-corrected chi connectivity index (χ4v) is 1.76. The molecule has 18 heavy (non-hydrogen) atoms. The number of aryl methyl sites for hydroxylation is 1. The van der Waals surface area contributed by atoms with Gasteiger partial charge in [0.15, 0.2) is 0 Å². The largest absolute Gasteiger partial charge is 0.385 e. The summed E-state index contributed by atoms with van der Waals surface area (Å²) in [5.74, 6) is 0.00908. The van der Waals surface area contributed by atoms with Gasteiger partial charge in [0.2, 0.25) is 5.91 Å². The van der Waals surface area contributed by atoms with Gasteiger partial charge < -0.3 is 18.9 Å². The van der Waals surface area contributed by atoms with Gasteiger partial charge in [-0.15, -0.1) is 0 Å². The fraction of sp³-hybridized carbons (Fsp3) is 0.615. The van der Waals surface area contributed by atoms with Gasteiger partial charge in [-0.2, -0.15) is 0 Å². The number of amides is 1. The van der Waals surface area contributed by atoms with E-state index < -0.39 is 0 Å². The summed E-state index contributed by atoms with van der Waals surface area (Å²) < 4.78 is 11.9. The van der Waals surface area contributed by atoms with E-state index in [1.165, 1.54) is 7.11 Å². The quantitative estimate of drug-likeness (QED) is 0.651. The highest BCUT2D eigenvalue weighted by molar-refractivity contribution is 5.77. The molecule has 102 valence electrons. The smallest absolute Gasteiger partial charge is 0.248 e. The number of methoxy groups -OCH3 is 2. The molecule has 1 rings (SSSR count). The predicted molar refractivity (Wildman–Crippen MR) is 69.2 cm³/mol. The summed E-state index contributed by atoms with van der Waals surface area (Å²) >= 11 is 0. The molecular weight excluding hydrogens is 232 g/mol. The van der Waals surface area contributed by atoms with Crippen LogP contribution < -0.4 is 0 Å². The van der Waals surface area contributed by atoms with Gasteiger partial charge in [0.25, 0.3) is 0 Å². The second kappa shape index (κ2) is 7.89. The maximum Gasteiger partial charge on any atom is 0.248 e. The molecule has 0 fully saturated rings. The molecule has 5 heteroatoms. The van der Waals surface area contributed by atoms with Gasteiger partial charge in [-0.1, -0.05) is 0 Å². The normalized spacial score (nSPS) is 10.6. The molecule has 0 N–H and O–H groups in total. The Balaban J connectivity index is 2.59. The highest BCUT2D eigenvalue weighted by atomic mass is 16.5. The molecule has 0 atom stereocenters. The first-order chi connectivity index (χ1) is 8.69. The zero-order chi connectivity index (χ0) is 13.4. The second-order valence-electron chi connectivity index (χ2n) is 4.21. The lowest BCUT2D eigenvalue weighted by Gasteiger charge is -2.22. The van der Waals surface area contributed by atoms with Crippen LogP contribution in [0.3, 0.4) is 0 Å². The van der Waals surface area contributed by atoms with E-state index in [0.29, 0.717) is 19.7 Å². The third-order valence-electron chi connectivity index (χ3n) is 2.80. The fourth-order valence-electron chi connectivity index (χ4n) is 1.76. The Morgan fingerprint density at radius 1 is 1.39 bits per heavy atom. The number of hydrogen-bond donors (Lipinski definition) is 0. The first-order valence-corrected chi connectivity index (χ1v) is 6.05. The van der Waals surface area contributed by atoms with Gasteiger partial charge in [0.05, 0.1) is 6.54 Å². The predicted octanol–water partition coefficient (Wildman–Crippen LogP) is 1.04. The molecule has 0 saturated carbocycles. The van der Waals surface area contributed by atoms with Gasteiger partial charge >= 0.3 is 0 Å². The van der Waals surface area contributed by atoms with Crippen LogP contribution >= 0.6 is 0 Å². The molecule has 0 bridgehead atoms. The lowest BCUT2D eigenvalue weighted by atomic mass is 10.3. The molecule has 0 radical (unpaired) electrons. The Kier molecular flexibility index (Phi) is 6.46. The summed E-state index contributed by atoms with van der Waals surface area (Å²) in [4.78, 5) is 13.7. The minimum Gasteiger partial charge on any atom is -0.385 e. The average Bonchev–Trinajstić information content (AvgIpc) is 2.74. The third kappa shape index (κ3) is 4.50. The lowest BCUT2D eigenvalue weighted by molar-refractivity contribution is -0.136. The molecule has 1 amide bonds. The molecule has 1 aromatic rings. The Bertz CT molecular complexity index is 363. The zero-order valence-corrected chi connectivity index (χ0v) is 11.4. The summed E-state index contributed by atoms with van der Waals surface area (Å²) in [5, 5.41) is 0. The maximum absolute atomic E-state index is 11.9. The molecule has 0 unspecified atom stereocenters. The highest BCUT2D eigenvalue weighted by Crippen LogP contribution is 2.06. The molecule has 1 aromatic heterocycles. The van der Waals surface area contributed by atoms with Gasteiger partial charge in [-0.25, -0.2) is 0 Å². The SMILES string of the molecule is COCCCN(Cc1cccn1C)C(=O)COC. The van der Waals surface area contributed by atoms with Crippen molar-refractivity contribution in [1.82, 2.24) is 9.47 Å². The van der Waals surface area contributed by atoms with E-state index in [1.54, 1.807) is 12.0 Å². The number of aromatic nitrogens is 1. The maximum atomic E-state index is 11.9. The minimum absolute atomic E-state index is 0.00908. The number of hydrogen-bond acceptors (Lipinski definition) is 3. The molecule has 0 aliphatic heterocycles. The molecule has 0 aliphatic rings. The summed E-state index contributed by atoms with van der Waals surface area (Å²) in [7, 11) is 5.18. The lowest BCUT2D eigenvalue weighted by Crippen LogP contribution is -2.35. The summed E-state index contributed by atoms with van der Waals surface area (Å²) in [5.41, 5.74) is 1.11. The number of carbonyl (C=O) groups excluding carboxylic acids is 1. The van der Waals surface area contributed by atoms with Crippen molar-refractivity contribution in [1.29, 1.82) is 0 Å². The van der Waals surface area contributed by atoms with Crippen molar-refractivity contribution in [3.63, 3.8) is 0 Å². The van der Waals surface area contributed by atoms with Gasteiger partial charge in [0, 0.05) is 46.3 Å². The zero-order valence-electron chi connectivity index (χ0n) is 11.4. The van der Waals surface area contributed by atoms with Crippen molar-refractivity contribution in [3.05, 3.63) is 24.0 Å². The molecule has 0 saturated heterocycles. The number of ether oxygens (including phenoxy) is 2. The second-order valence-corrected chi connectivity index (χ2v) is 4.21. The Labute approximate surface area is 108 Å². The van der Waals surface area contributed by atoms with Gasteiger partial charge in [-0.3, -0.25) is 4.79 Å². The highest BCUT2D eigenvalue weighted by Gasteiger charge is 2.14. The van der Waals surface area contributed by atoms with E-state index in [2.05, 4.69) is 0 Å². The van der Waals surface area contributed by atoms with Crippen LogP contribution in [-0.2, 0) is 27.9 Å². The van der Waals surface area contributed by atoms with Crippen LogP contribution in [0, 0.1) is 0 Å². The summed E-state index contributed by atoms with van der Waals surface area (Å²) in [6, 6.07) is 3.99. The number of nitrogens with zero attached hydrogens (tertiary/aromatic N) is 2. The first-order valence-electron chi connectivity index (χ1n) is 6.05. The van der Waals surface area contributed by atoms with Crippen molar-refractivity contribution >= 4 is 5.91 Å². The topological polar surface area (TPSA) is 43.7 Å². The van der Waals surface area contributed by atoms with Crippen LogP contribution in [0.1, 0.15) is 12.1 Å². The van der Waals surface area contributed by atoms with Crippen molar-refractivity contribution < 1.29 is 14.3 Å². The van der Waals surface area contributed by atoms with Crippen LogP contribution in [-0.4, -0.2) is 49.4 Å². The number of carbonyl (C=O) groups is 1. The van der Waals surface area contributed by atoms with Crippen LogP contribution in [0.4, 0.5) is 0 Å². The third-order valence-corrected chi connectivity index (χ3v) is 2.80. The molecular formula is C13H22N2O3. The standard InChI is InChI=1S/C13H22N2O3/c1-14-7-4-6-12(14)10-15(8-5-9-17-2)13(16)11-18-3/h4,6-7H,5,8-11H2,1-3H3. The van der Waals surface area contributed by atoms with E-state index in [9.17, 15) is 4.79 Å². The van der Waals surface area contributed by atoms with Crippen LogP contribution in [0.25, 0.3) is 0 Å². The molecule has 0 aliphatic carbocycles. The van der Waals surface area contributed by atoms with Crippen LogP contribution in [0.5, 0.6) is 0 Å². The van der Waals surface area contributed by atoms with Crippen LogP contribution in [0.2, 0.25) is 0 Å². The van der Waals surface area contributed by atoms with Gasteiger partial charge in [-0.05, 0) is 18.6 Å². The summed E-state index contributed by atoms with van der Waals surface area (Å²) in [6.45, 7) is 2.07. The van der Waals surface area contributed by atoms with Crippen molar-refractivity contribution in [3.8, 4) is 0 Å². The Hall–Kier alpha value is -1.33. The first kappa shape index (κ1) is 14.7. The molecule has 0 spiro atoms. The van der Waals surface area contributed by atoms with E-state index in [1.807, 2.05) is 29.9 Å². The Morgan fingerprint density at radius 2 is 2.17 bits per heavy atom. The van der Waals surface area contributed by atoms with Crippen LogP contribution in [0.15, 0.2) is 18.3 Å². The molecule has 0 aromatic carbocycles. The van der Waals surface area contributed by atoms with Crippen molar-refractivity contribution in [2.45, 2.75) is 13.0 Å². The Morgan fingerprint density at radius 3 is 2.72 bits per heavy atom. The van der Waals surface area contributed by atoms with E-state index in [0.717, 1.165) is 12.1 Å². The van der Waals surface area contributed by atoms with Crippen molar-refractivity contribution in [2.24, 2.45) is 7.05 Å². The van der Waals surface area contributed by atoms with Gasteiger partial charge in [0.1, 0.15) is 6.61 Å². The van der Waals surface area contributed by atoms with E-state index >= 15 is 0 Å². The van der Waals surface area contributed by atoms with E-state index in [4.69, 9.17) is 9.47 Å².